The van der Waals surface area contributed by atoms with E-state index in [1.54, 1.807) is 12.1 Å². The average Bonchev–Trinajstić information content (AvgIpc) is 2.52. The van der Waals surface area contributed by atoms with Crippen LogP contribution in [0.5, 0.6) is 5.75 Å². The lowest BCUT2D eigenvalue weighted by molar-refractivity contribution is -0.162. The lowest BCUT2D eigenvalue weighted by Gasteiger charge is -2.46. The number of benzene rings is 2. The van der Waals surface area contributed by atoms with Crippen molar-refractivity contribution in [2.45, 2.75) is 12.0 Å². The molecule has 1 aliphatic heterocycles. The molecule has 0 aliphatic carbocycles. The van der Waals surface area contributed by atoms with Crippen LogP contribution in [0.15, 0.2) is 48.5 Å². The number of hydrogen-bond acceptors (Lipinski definition) is 2. The third-order valence-corrected chi connectivity index (χ3v) is 3.62. The van der Waals surface area contributed by atoms with Crippen LogP contribution in [0, 0.1) is 5.82 Å². The van der Waals surface area contributed by atoms with Gasteiger partial charge in [0.1, 0.15) is 17.6 Å². The van der Waals surface area contributed by atoms with E-state index < -0.39 is 23.7 Å². The molecule has 22 heavy (non-hydrogen) atoms. The molecule has 1 heterocycles. The van der Waals surface area contributed by atoms with E-state index in [-0.39, 0.29) is 5.56 Å². The predicted molar refractivity (Wildman–Crippen MR) is 74.6 cm³/mol. The van der Waals surface area contributed by atoms with E-state index in [0.29, 0.717) is 11.4 Å². The van der Waals surface area contributed by atoms with Gasteiger partial charge < -0.3 is 4.74 Å². The third-order valence-electron chi connectivity index (χ3n) is 3.62. The van der Waals surface area contributed by atoms with Gasteiger partial charge in [0.05, 0.1) is 7.11 Å². The summed E-state index contributed by atoms with van der Waals surface area (Å²) >= 11 is 0. The molecule has 3 rings (SSSR count). The fourth-order valence-electron chi connectivity index (χ4n) is 2.54. The number of carbonyl (C=O) groups excluding carboxylic acids is 1. The summed E-state index contributed by atoms with van der Waals surface area (Å²) in [4.78, 5) is 12.7. The molecule has 6 heteroatoms. The Morgan fingerprint density at radius 1 is 1.14 bits per heavy atom. The number of halogens is 3. The van der Waals surface area contributed by atoms with Gasteiger partial charge >= 0.3 is 11.8 Å². The SMILES string of the molecule is COc1ccc(N2C(=O)C(F)(F)[C@@H]2c2cccc(F)c2)cc1. The largest absolute Gasteiger partial charge is 0.497 e. The molecule has 0 saturated carbocycles. The minimum absolute atomic E-state index is 0.0559. The fourth-order valence-corrected chi connectivity index (χ4v) is 2.54. The molecule has 0 N–H and O–H groups in total. The Morgan fingerprint density at radius 3 is 2.41 bits per heavy atom. The molecule has 114 valence electrons. The van der Waals surface area contributed by atoms with Gasteiger partial charge in [-0.15, -0.1) is 0 Å². The second-order valence-electron chi connectivity index (χ2n) is 4.95. The summed E-state index contributed by atoms with van der Waals surface area (Å²) in [6.07, 6.45) is 0. The van der Waals surface area contributed by atoms with Gasteiger partial charge in [0.2, 0.25) is 0 Å². The molecule has 0 aromatic heterocycles. The zero-order chi connectivity index (χ0) is 15.9. The first kappa shape index (κ1) is 14.4. The first-order valence-electron chi connectivity index (χ1n) is 6.56. The van der Waals surface area contributed by atoms with Crippen LogP contribution in [0.2, 0.25) is 0 Å². The molecule has 0 bridgehead atoms. The molecule has 2 aromatic carbocycles. The van der Waals surface area contributed by atoms with E-state index in [9.17, 15) is 18.0 Å². The van der Waals surface area contributed by atoms with Crippen molar-refractivity contribution in [3.63, 3.8) is 0 Å². The summed E-state index contributed by atoms with van der Waals surface area (Å²) in [5.41, 5.74) is 0.367. The van der Waals surface area contributed by atoms with Crippen molar-refractivity contribution in [2.24, 2.45) is 0 Å². The Hall–Kier alpha value is -2.50. The number of amides is 1. The lowest BCUT2D eigenvalue weighted by atomic mass is 9.89. The zero-order valence-corrected chi connectivity index (χ0v) is 11.6. The van der Waals surface area contributed by atoms with Crippen LogP contribution in [-0.4, -0.2) is 18.9 Å². The second kappa shape index (κ2) is 5.05. The molecule has 1 aliphatic rings. The van der Waals surface area contributed by atoms with E-state index in [1.807, 2.05) is 0 Å². The number of rotatable bonds is 3. The van der Waals surface area contributed by atoms with Gasteiger partial charge in [0, 0.05) is 5.69 Å². The first-order chi connectivity index (χ1) is 10.4. The molecule has 1 atom stereocenters. The van der Waals surface area contributed by atoms with Crippen molar-refractivity contribution in [3.05, 3.63) is 59.9 Å². The summed E-state index contributed by atoms with van der Waals surface area (Å²) in [7, 11) is 1.48. The molecule has 1 saturated heterocycles. The summed E-state index contributed by atoms with van der Waals surface area (Å²) in [5.74, 6) is -4.92. The van der Waals surface area contributed by atoms with Crippen molar-refractivity contribution in [1.82, 2.24) is 0 Å². The highest BCUT2D eigenvalue weighted by molar-refractivity contribution is 6.07. The monoisotopic (exact) mass is 307 g/mol. The fraction of sp³-hybridized carbons (Fsp3) is 0.188. The standard InChI is InChI=1S/C16H12F3NO2/c1-22-13-7-5-12(6-8-13)20-14(16(18,19)15(20)21)10-3-2-4-11(17)9-10/h2-9,14H,1H3/t14-/m0/s1. The topological polar surface area (TPSA) is 29.5 Å². The van der Waals surface area contributed by atoms with E-state index in [1.165, 1.54) is 37.4 Å². The Bertz CT molecular complexity index is 716. The predicted octanol–water partition coefficient (Wildman–Crippen LogP) is 3.56. The molecule has 3 nitrogen and oxygen atoms in total. The number of ether oxygens (including phenoxy) is 1. The Labute approximate surface area is 124 Å². The van der Waals surface area contributed by atoms with Gasteiger partial charge in [-0.1, -0.05) is 12.1 Å². The molecular formula is C16H12F3NO2. The molecular weight excluding hydrogens is 295 g/mol. The van der Waals surface area contributed by atoms with Crippen molar-refractivity contribution < 1.29 is 22.7 Å². The Kier molecular flexibility index (Phi) is 3.31. The van der Waals surface area contributed by atoms with E-state index in [0.717, 1.165) is 11.0 Å². The molecule has 1 amide bonds. The maximum atomic E-state index is 14.0. The van der Waals surface area contributed by atoms with Crippen LogP contribution >= 0.6 is 0 Å². The van der Waals surface area contributed by atoms with Crippen LogP contribution < -0.4 is 9.64 Å². The number of anilines is 1. The van der Waals surface area contributed by atoms with Crippen molar-refractivity contribution in [2.75, 3.05) is 12.0 Å². The maximum absolute atomic E-state index is 14.0. The van der Waals surface area contributed by atoms with E-state index >= 15 is 0 Å². The van der Waals surface area contributed by atoms with E-state index in [4.69, 9.17) is 4.74 Å². The smallest absolute Gasteiger partial charge is 0.349 e. The summed E-state index contributed by atoms with van der Waals surface area (Å²) in [6, 6.07) is 9.56. The zero-order valence-electron chi connectivity index (χ0n) is 11.6. The number of hydrogen-bond donors (Lipinski definition) is 0. The first-order valence-corrected chi connectivity index (χ1v) is 6.56. The minimum atomic E-state index is -3.55. The molecule has 0 radical (unpaired) electrons. The number of alkyl halides is 2. The molecule has 2 aromatic rings. The highest BCUT2D eigenvalue weighted by Crippen LogP contribution is 2.49. The summed E-state index contributed by atoms with van der Waals surface area (Å²) in [5, 5.41) is 0. The maximum Gasteiger partial charge on any atom is 0.349 e. The van der Waals surface area contributed by atoms with Crippen molar-refractivity contribution in [1.29, 1.82) is 0 Å². The van der Waals surface area contributed by atoms with Crippen LogP contribution in [0.4, 0.5) is 18.9 Å². The van der Waals surface area contributed by atoms with Crippen molar-refractivity contribution in [3.8, 4) is 5.75 Å². The Balaban J connectivity index is 2.00. The number of nitrogens with zero attached hydrogens (tertiary/aromatic N) is 1. The normalized spacial score (nSPS) is 19.7. The average molecular weight is 307 g/mol. The number of methoxy groups -OCH3 is 1. The van der Waals surface area contributed by atoms with Crippen LogP contribution in [-0.2, 0) is 4.79 Å². The van der Waals surface area contributed by atoms with Crippen LogP contribution in [0.3, 0.4) is 0 Å². The lowest BCUT2D eigenvalue weighted by Crippen LogP contribution is -2.64. The summed E-state index contributed by atoms with van der Waals surface area (Å²) in [6.45, 7) is 0. The number of carbonyl (C=O) groups is 1. The summed E-state index contributed by atoms with van der Waals surface area (Å²) < 4.78 is 46.2. The molecule has 0 spiro atoms. The van der Waals surface area contributed by atoms with Gasteiger partial charge in [-0.25, -0.2) is 4.39 Å². The van der Waals surface area contributed by atoms with Gasteiger partial charge in [-0.05, 0) is 42.0 Å². The van der Waals surface area contributed by atoms with E-state index in [2.05, 4.69) is 0 Å². The van der Waals surface area contributed by atoms with Crippen LogP contribution in [0.1, 0.15) is 11.6 Å². The van der Waals surface area contributed by atoms with Gasteiger partial charge in [-0.2, -0.15) is 8.78 Å². The number of β-lactam (4-membered cyclic amide) rings is 1. The van der Waals surface area contributed by atoms with Crippen molar-refractivity contribution >= 4 is 11.6 Å². The quantitative estimate of drug-likeness (QED) is 0.812. The highest BCUT2D eigenvalue weighted by Gasteiger charge is 2.64. The van der Waals surface area contributed by atoms with Gasteiger partial charge in [0.25, 0.3) is 0 Å². The third kappa shape index (κ3) is 2.11. The minimum Gasteiger partial charge on any atom is -0.497 e. The highest BCUT2D eigenvalue weighted by atomic mass is 19.3. The molecule has 0 unspecified atom stereocenters. The van der Waals surface area contributed by atoms with Gasteiger partial charge in [0.15, 0.2) is 0 Å². The molecule has 1 fully saturated rings. The van der Waals surface area contributed by atoms with Crippen LogP contribution in [0.25, 0.3) is 0 Å². The van der Waals surface area contributed by atoms with Gasteiger partial charge in [-0.3, -0.25) is 9.69 Å². The Morgan fingerprint density at radius 2 is 1.82 bits per heavy atom. The second-order valence-corrected chi connectivity index (χ2v) is 4.95.